The summed E-state index contributed by atoms with van der Waals surface area (Å²) in [7, 11) is 0. The van der Waals surface area contributed by atoms with Gasteiger partial charge in [-0.1, -0.05) is 49.3 Å². The number of fused-ring (bicyclic) bond motifs is 4. The Morgan fingerprint density at radius 1 is 1.07 bits per heavy atom. The SMILES string of the molecule is Cc1cc(C(=O)N2CC(=O)N[C@@H](C(C)C)c3nc(c(C)o3)C(=O)N[C@H](C)c3nc(cs3)C(=O)N[C@H](Cc3ccccc3)C2)no1. The second kappa shape index (κ2) is 13.4. The van der Waals surface area contributed by atoms with Crippen LogP contribution in [0.1, 0.15) is 92.3 Å². The summed E-state index contributed by atoms with van der Waals surface area (Å²) in [5, 5.41) is 14.8. The Morgan fingerprint density at radius 2 is 1.82 bits per heavy atom. The summed E-state index contributed by atoms with van der Waals surface area (Å²) in [6, 6.07) is 9.17. The maximum absolute atomic E-state index is 13.7. The quantitative estimate of drug-likeness (QED) is 0.304. The van der Waals surface area contributed by atoms with Gasteiger partial charge in [0.2, 0.25) is 11.8 Å². The monoisotopic (exact) mass is 633 g/mol. The lowest BCUT2D eigenvalue weighted by molar-refractivity contribution is -0.123. The maximum Gasteiger partial charge on any atom is 0.276 e. The van der Waals surface area contributed by atoms with Gasteiger partial charge in [0.25, 0.3) is 17.7 Å². The number of oxazole rings is 1. The first-order chi connectivity index (χ1) is 21.5. The highest BCUT2D eigenvalue weighted by Gasteiger charge is 2.31. The van der Waals surface area contributed by atoms with Gasteiger partial charge in [0.15, 0.2) is 11.4 Å². The standard InChI is InChI=1S/C31H35N7O6S/c1-16(2)25-29-36-26(19(5)43-29)28(41)32-18(4)30-34-23(15-45-30)27(40)33-21(12-20-9-7-6-8-10-20)13-38(14-24(39)35-25)31(42)22-11-17(3)44-37-22/h6-11,15-16,18,21,25H,12-14H2,1-5H3,(H,32,41)(H,33,40)(H,35,39)/t18-,21-,25+/m1/s1. The topological polar surface area (TPSA) is 173 Å². The summed E-state index contributed by atoms with van der Waals surface area (Å²) in [6.07, 6.45) is 0.367. The highest BCUT2D eigenvalue weighted by atomic mass is 32.1. The van der Waals surface area contributed by atoms with Crippen LogP contribution in [-0.4, -0.2) is 62.8 Å². The van der Waals surface area contributed by atoms with E-state index < -0.39 is 41.8 Å². The number of hydrogen-bond acceptors (Lipinski definition) is 10. The largest absolute Gasteiger partial charge is 0.443 e. The van der Waals surface area contributed by atoms with Crippen molar-refractivity contribution in [3.05, 3.63) is 86.8 Å². The zero-order valence-corrected chi connectivity index (χ0v) is 26.4. The van der Waals surface area contributed by atoms with Crippen molar-refractivity contribution in [2.45, 2.75) is 59.2 Å². The lowest BCUT2D eigenvalue weighted by Crippen LogP contribution is -2.50. The molecule has 4 bridgehead atoms. The predicted molar refractivity (Wildman–Crippen MR) is 164 cm³/mol. The van der Waals surface area contributed by atoms with Gasteiger partial charge < -0.3 is 29.8 Å². The highest BCUT2D eigenvalue weighted by Crippen LogP contribution is 2.25. The molecule has 0 radical (unpaired) electrons. The summed E-state index contributed by atoms with van der Waals surface area (Å²) in [5.74, 6) is -1.25. The van der Waals surface area contributed by atoms with Gasteiger partial charge in [-0.25, -0.2) is 9.97 Å². The first-order valence-electron chi connectivity index (χ1n) is 14.6. The van der Waals surface area contributed by atoms with E-state index in [-0.39, 0.29) is 47.7 Å². The summed E-state index contributed by atoms with van der Waals surface area (Å²) >= 11 is 1.24. The summed E-state index contributed by atoms with van der Waals surface area (Å²) < 4.78 is 11.0. The third-order valence-corrected chi connectivity index (χ3v) is 8.35. The van der Waals surface area contributed by atoms with Crippen molar-refractivity contribution in [1.82, 2.24) is 36.0 Å². The molecule has 236 valence electrons. The van der Waals surface area contributed by atoms with Crippen molar-refractivity contribution >= 4 is 35.0 Å². The van der Waals surface area contributed by atoms with Gasteiger partial charge >= 0.3 is 0 Å². The van der Waals surface area contributed by atoms with Gasteiger partial charge in [-0.2, -0.15) is 0 Å². The van der Waals surface area contributed by atoms with Gasteiger partial charge in [-0.3, -0.25) is 19.2 Å². The number of thiazole rings is 1. The Morgan fingerprint density at radius 3 is 2.51 bits per heavy atom. The summed E-state index contributed by atoms with van der Waals surface area (Å²) in [5.41, 5.74) is 1.20. The fraction of sp³-hybridized carbons (Fsp3) is 0.387. The van der Waals surface area contributed by atoms with Crippen LogP contribution in [-0.2, 0) is 11.2 Å². The minimum absolute atomic E-state index is 0.0170. The van der Waals surface area contributed by atoms with Crippen molar-refractivity contribution < 1.29 is 28.1 Å². The number of carbonyl (C=O) groups is 4. The number of rotatable bonds is 4. The number of carbonyl (C=O) groups excluding carboxylic acids is 4. The third kappa shape index (κ3) is 7.45. The van der Waals surface area contributed by atoms with Crippen molar-refractivity contribution in [2.75, 3.05) is 13.1 Å². The van der Waals surface area contributed by atoms with Crippen LogP contribution in [0.15, 0.2) is 50.7 Å². The Labute approximate surface area is 263 Å². The fourth-order valence-corrected chi connectivity index (χ4v) is 5.82. The van der Waals surface area contributed by atoms with Gasteiger partial charge in [0, 0.05) is 18.0 Å². The Hall–Kier alpha value is -4.85. The lowest BCUT2D eigenvalue weighted by Gasteiger charge is -2.28. The number of amides is 4. The van der Waals surface area contributed by atoms with Gasteiger partial charge in [0.05, 0.1) is 18.6 Å². The van der Waals surface area contributed by atoms with E-state index in [4.69, 9.17) is 8.94 Å². The molecule has 0 fully saturated rings. The zero-order chi connectivity index (χ0) is 32.2. The highest BCUT2D eigenvalue weighted by molar-refractivity contribution is 7.09. The number of nitrogens with zero attached hydrogens (tertiary/aromatic N) is 4. The predicted octanol–water partition coefficient (Wildman–Crippen LogP) is 3.54. The molecule has 1 aliphatic rings. The lowest BCUT2D eigenvalue weighted by atomic mass is 10.0. The molecule has 14 heteroatoms. The Bertz CT molecular complexity index is 1690. The second-order valence-electron chi connectivity index (χ2n) is 11.4. The van der Waals surface area contributed by atoms with E-state index in [0.29, 0.717) is 17.2 Å². The summed E-state index contributed by atoms with van der Waals surface area (Å²) in [4.78, 5) is 64.2. The van der Waals surface area contributed by atoms with E-state index in [1.165, 1.54) is 22.3 Å². The van der Waals surface area contributed by atoms with Gasteiger partial charge in [-0.05, 0) is 38.7 Å². The molecule has 4 amide bonds. The molecule has 3 N–H and O–H groups in total. The molecular weight excluding hydrogens is 598 g/mol. The zero-order valence-electron chi connectivity index (χ0n) is 25.6. The molecule has 0 saturated heterocycles. The van der Waals surface area contributed by atoms with Crippen molar-refractivity contribution in [2.24, 2.45) is 5.92 Å². The third-order valence-electron chi connectivity index (χ3n) is 7.32. The molecule has 4 heterocycles. The van der Waals surface area contributed by atoms with Crippen LogP contribution in [0.4, 0.5) is 0 Å². The average molecular weight is 634 g/mol. The minimum atomic E-state index is -0.693. The molecule has 3 atom stereocenters. The second-order valence-corrected chi connectivity index (χ2v) is 12.3. The van der Waals surface area contributed by atoms with Crippen molar-refractivity contribution in [3.63, 3.8) is 0 Å². The number of hydrogen-bond donors (Lipinski definition) is 3. The molecule has 0 saturated carbocycles. The van der Waals surface area contributed by atoms with Crippen LogP contribution in [0.3, 0.4) is 0 Å². The van der Waals surface area contributed by atoms with Gasteiger partial charge in [-0.15, -0.1) is 11.3 Å². The minimum Gasteiger partial charge on any atom is -0.443 e. The summed E-state index contributed by atoms with van der Waals surface area (Å²) in [6.45, 7) is 8.43. The van der Waals surface area contributed by atoms with Crippen LogP contribution < -0.4 is 16.0 Å². The molecule has 1 aromatic carbocycles. The smallest absolute Gasteiger partial charge is 0.276 e. The van der Waals surface area contributed by atoms with Crippen molar-refractivity contribution in [1.29, 1.82) is 0 Å². The van der Waals surface area contributed by atoms with Crippen LogP contribution in [0.25, 0.3) is 0 Å². The normalized spacial score (nSPS) is 19.8. The van der Waals surface area contributed by atoms with Crippen LogP contribution in [0.5, 0.6) is 0 Å². The number of aryl methyl sites for hydroxylation is 2. The van der Waals surface area contributed by atoms with E-state index in [2.05, 4.69) is 31.1 Å². The van der Waals surface area contributed by atoms with E-state index in [1.54, 1.807) is 26.2 Å². The Balaban J connectivity index is 1.54. The first kappa shape index (κ1) is 31.6. The van der Waals surface area contributed by atoms with E-state index in [9.17, 15) is 19.2 Å². The molecule has 3 aromatic heterocycles. The molecule has 0 spiro atoms. The van der Waals surface area contributed by atoms with Crippen molar-refractivity contribution in [3.8, 4) is 0 Å². The molecular formula is C31H35N7O6S. The molecule has 45 heavy (non-hydrogen) atoms. The molecule has 13 nitrogen and oxygen atoms in total. The van der Waals surface area contributed by atoms with E-state index in [1.807, 2.05) is 44.2 Å². The number of aromatic nitrogens is 3. The molecule has 0 unspecified atom stereocenters. The van der Waals surface area contributed by atoms with Crippen LogP contribution in [0.2, 0.25) is 0 Å². The van der Waals surface area contributed by atoms with Crippen LogP contribution in [0, 0.1) is 19.8 Å². The first-order valence-corrected chi connectivity index (χ1v) is 15.5. The maximum atomic E-state index is 13.7. The molecule has 5 rings (SSSR count). The van der Waals surface area contributed by atoms with E-state index in [0.717, 1.165) is 5.56 Å². The average Bonchev–Trinajstić information content (AvgIpc) is 3.75. The molecule has 0 aliphatic carbocycles. The fourth-order valence-electron chi connectivity index (χ4n) is 5.02. The molecule has 1 aliphatic heterocycles. The Kier molecular flexibility index (Phi) is 9.42. The number of nitrogens with one attached hydrogen (secondary N) is 3. The van der Waals surface area contributed by atoms with Crippen LogP contribution >= 0.6 is 11.3 Å². The van der Waals surface area contributed by atoms with E-state index >= 15 is 0 Å². The van der Waals surface area contributed by atoms with Gasteiger partial charge in [0.1, 0.15) is 28.3 Å². The molecule has 4 aromatic rings. The number of benzene rings is 1.